The highest BCUT2D eigenvalue weighted by Crippen LogP contribution is 2.52. The molecule has 0 saturated carbocycles. The quantitative estimate of drug-likeness (QED) is 0.217. The normalized spacial score (nSPS) is 35.0. The molecule has 182 valence electrons. The summed E-state index contributed by atoms with van der Waals surface area (Å²) in [5.74, 6) is -1.73. The van der Waals surface area contributed by atoms with Crippen molar-refractivity contribution in [1.82, 2.24) is 20.0 Å². The molecule has 0 aromatic heterocycles. The number of nitrogens with one attached hydrogen (secondary N) is 2. The summed E-state index contributed by atoms with van der Waals surface area (Å²) < 4.78 is 0. The number of fused-ring (bicyclic) bond motifs is 1. The number of hydrogen-bond acceptors (Lipinski definition) is 7. The second-order valence-corrected chi connectivity index (χ2v) is 11.0. The maximum atomic E-state index is 13.2. The molecule has 0 aromatic carbocycles. The molecule has 4 N–H and O–H groups in total. The SMILES string of the molecule is C[C@@H](O)[C@H]1C(=O)N2C(C(=O)O)=C(S[C@H]3C[C@@H](C(=O)N4CC[C@@H](CNC=N)C4)N(C)C3)[C@H](C)[C@H]12. The molecule has 4 heterocycles. The van der Waals surface area contributed by atoms with Gasteiger partial charge in [-0.25, -0.2) is 4.79 Å². The number of aliphatic hydroxyl groups is 1. The van der Waals surface area contributed by atoms with E-state index in [2.05, 4.69) is 5.32 Å². The number of nitrogens with zero attached hydrogens (tertiary/aromatic N) is 3. The van der Waals surface area contributed by atoms with E-state index in [1.807, 2.05) is 23.8 Å². The zero-order chi connectivity index (χ0) is 24.0. The van der Waals surface area contributed by atoms with Crippen LogP contribution in [0, 0.1) is 23.2 Å². The van der Waals surface area contributed by atoms with Crippen LogP contribution in [0.1, 0.15) is 26.7 Å². The van der Waals surface area contributed by atoms with Gasteiger partial charge in [0.15, 0.2) is 0 Å². The minimum Gasteiger partial charge on any atom is -0.477 e. The highest BCUT2D eigenvalue weighted by atomic mass is 32.2. The molecule has 0 unspecified atom stereocenters. The fraction of sp³-hybridized carbons (Fsp3) is 0.727. The highest BCUT2D eigenvalue weighted by molar-refractivity contribution is 8.03. The zero-order valence-electron chi connectivity index (χ0n) is 19.2. The van der Waals surface area contributed by atoms with Crippen LogP contribution in [0.3, 0.4) is 0 Å². The molecule has 33 heavy (non-hydrogen) atoms. The topological polar surface area (TPSA) is 137 Å². The minimum atomic E-state index is -1.12. The lowest BCUT2D eigenvalue weighted by atomic mass is 9.79. The van der Waals surface area contributed by atoms with Gasteiger partial charge < -0.3 is 25.3 Å². The number of carboxylic acid groups (broad SMARTS) is 1. The first-order chi connectivity index (χ1) is 15.6. The Bertz CT molecular complexity index is 879. The van der Waals surface area contributed by atoms with Gasteiger partial charge in [-0.05, 0) is 32.7 Å². The number of thioether (sulfide) groups is 1. The number of likely N-dealkylation sites (N-methyl/N-ethyl adjacent to an activating group) is 1. The van der Waals surface area contributed by atoms with Crippen molar-refractivity contribution in [3.8, 4) is 0 Å². The van der Waals surface area contributed by atoms with E-state index < -0.39 is 18.0 Å². The average molecular weight is 480 g/mol. The first kappa shape index (κ1) is 24.0. The van der Waals surface area contributed by atoms with E-state index in [0.717, 1.165) is 13.0 Å². The molecule has 0 radical (unpaired) electrons. The van der Waals surface area contributed by atoms with Crippen molar-refractivity contribution in [2.24, 2.45) is 17.8 Å². The molecule has 4 aliphatic rings. The van der Waals surface area contributed by atoms with E-state index in [1.54, 1.807) is 6.92 Å². The first-order valence-corrected chi connectivity index (χ1v) is 12.4. The number of likely N-dealkylation sites (tertiary alicyclic amines) is 2. The predicted molar refractivity (Wildman–Crippen MR) is 124 cm³/mol. The third-order valence-corrected chi connectivity index (χ3v) is 9.00. The van der Waals surface area contributed by atoms with Crippen molar-refractivity contribution in [2.45, 2.75) is 50.1 Å². The summed E-state index contributed by atoms with van der Waals surface area (Å²) in [6.07, 6.45) is 1.91. The van der Waals surface area contributed by atoms with Crippen LogP contribution in [-0.2, 0) is 14.4 Å². The number of hydrogen-bond donors (Lipinski definition) is 4. The van der Waals surface area contributed by atoms with Crippen LogP contribution in [0.2, 0.25) is 0 Å². The molecule has 0 spiro atoms. The summed E-state index contributed by atoms with van der Waals surface area (Å²) >= 11 is 1.48. The molecule has 7 atom stereocenters. The Morgan fingerprint density at radius 1 is 1.36 bits per heavy atom. The molecule has 0 aliphatic carbocycles. The summed E-state index contributed by atoms with van der Waals surface area (Å²) in [5.41, 5.74) is 0.0397. The second kappa shape index (κ2) is 9.27. The van der Waals surface area contributed by atoms with Crippen LogP contribution in [0.15, 0.2) is 10.6 Å². The van der Waals surface area contributed by atoms with Crippen molar-refractivity contribution < 1.29 is 24.6 Å². The van der Waals surface area contributed by atoms with Gasteiger partial charge in [-0.3, -0.25) is 19.9 Å². The molecule has 3 fully saturated rings. The van der Waals surface area contributed by atoms with Crippen LogP contribution in [0.5, 0.6) is 0 Å². The number of rotatable bonds is 8. The van der Waals surface area contributed by atoms with Crippen LogP contribution < -0.4 is 5.32 Å². The van der Waals surface area contributed by atoms with Crippen molar-refractivity contribution in [3.05, 3.63) is 10.6 Å². The predicted octanol–water partition coefficient (Wildman–Crippen LogP) is -0.00883. The molecule has 0 bridgehead atoms. The molecule has 3 saturated heterocycles. The van der Waals surface area contributed by atoms with E-state index in [1.165, 1.54) is 23.0 Å². The number of carbonyl (C=O) groups excluding carboxylic acids is 2. The molecule has 4 aliphatic heterocycles. The Kier molecular flexibility index (Phi) is 6.75. The van der Waals surface area contributed by atoms with Gasteiger partial charge in [0.1, 0.15) is 5.70 Å². The first-order valence-electron chi connectivity index (χ1n) is 11.5. The average Bonchev–Trinajstić information content (AvgIpc) is 3.42. The largest absolute Gasteiger partial charge is 0.477 e. The van der Waals surface area contributed by atoms with Crippen molar-refractivity contribution in [1.29, 1.82) is 5.41 Å². The molecule has 10 nitrogen and oxygen atoms in total. The van der Waals surface area contributed by atoms with Gasteiger partial charge in [-0.1, -0.05) is 6.92 Å². The van der Waals surface area contributed by atoms with Gasteiger partial charge in [0.05, 0.1) is 30.4 Å². The fourth-order valence-corrected chi connectivity index (χ4v) is 7.42. The molecule has 4 rings (SSSR count). The van der Waals surface area contributed by atoms with E-state index >= 15 is 0 Å². The Morgan fingerprint density at radius 3 is 2.73 bits per heavy atom. The zero-order valence-corrected chi connectivity index (χ0v) is 20.0. The summed E-state index contributed by atoms with van der Waals surface area (Å²) in [7, 11) is 1.93. The number of carbonyl (C=O) groups is 3. The maximum absolute atomic E-state index is 13.2. The third kappa shape index (κ3) is 4.15. The van der Waals surface area contributed by atoms with Crippen LogP contribution in [0.4, 0.5) is 0 Å². The number of aliphatic carboxylic acids is 1. The monoisotopic (exact) mass is 479 g/mol. The molecule has 11 heteroatoms. The van der Waals surface area contributed by atoms with Gasteiger partial charge in [0.25, 0.3) is 0 Å². The van der Waals surface area contributed by atoms with E-state index in [4.69, 9.17) is 5.41 Å². The number of amides is 2. The molecular weight excluding hydrogens is 446 g/mol. The maximum Gasteiger partial charge on any atom is 0.353 e. The van der Waals surface area contributed by atoms with Crippen LogP contribution >= 0.6 is 11.8 Å². The highest BCUT2D eigenvalue weighted by Gasteiger charge is 2.60. The molecule has 2 amide bonds. The summed E-state index contributed by atoms with van der Waals surface area (Å²) in [6.45, 7) is 6.26. The Hall–Kier alpha value is -2.11. The Balaban J connectivity index is 1.43. The van der Waals surface area contributed by atoms with E-state index in [-0.39, 0.29) is 40.8 Å². The van der Waals surface area contributed by atoms with Crippen LogP contribution in [0.25, 0.3) is 0 Å². The van der Waals surface area contributed by atoms with Gasteiger partial charge in [0, 0.05) is 42.3 Å². The van der Waals surface area contributed by atoms with Gasteiger partial charge >= 0.3 is 5.97 Å². The lowest BCUT2D eigenvalue weighted by molar-refractivity contribution is -0.163. The fourth-order valence-electron chi connectivity index (χ4n) is 5.82. The third-order valence-electron chi connectivity index (χ3n) is 7.51. The standard InChI is InChI=1S/C22H33N5O5S/c1-11-17-16(12(2)28)21(30)27(17)18(22(31)32)19(11)33-14-6-15(25(3)9-14)20(29)26-5-4-13(8-26)7-24-10-23/h10-17,28H,4-9H2,1-3H3,(H2,23,24)(H,31,32)/t11-,12-,13+,14+,15+,16-,17-/m1/s1. The lowest BCUT2D eigenvalue weighted by Gasteiger charge is -2.46. The number of carboxylic acids is 1. The van der Waals surface area contributed by atoms with Crippen molar-refractivity contribution >= 4 is 35.9 Å². The molecule has 0 aromatic rings. The Morgan fingerprint density at radius 2 is 2.09 bits per heavy atom. The summed E-state index contributed by atoms with van der Waals surface area (Å²) in [5, 5.41) is 29.9. The van der Waals surface area contributed by atoms with Crippen molar-refractivity contribution in [2.75, 3.05) is 33.2 Å². The van der Waals surface area contributed by atoms with Crippen molar-refractivity contribution in [3.63, 3.8) is 0 Å². The van der Waals surface area contributed by atoms with Gasteiger partial charge in [0.2, 0.25) is 11.8 Å². The second-order valence-electron chi connectivity index (χ2n) is 9.69. The number of β-lactam (4-membered cyclic amide) rings is 1. The smallest absolute Gasteiger partial charge is 0.353 e. The summed E-state index contributed by atoms with van der Waals surface area (Å²) in [6, 6.07) is -0.565. The molecular formula is C22H33N5O5S. The lowest BCUT2D eigenvalue weighted by Crippen LogP contribution is -2.63. The van der Waals surface area contributed by atoms with Crippen LogP contribution in [-0.4, -0.2) is 106 Å². The number of aliphatic hydroxyl groups excluding tert-OH is 1. The van der Waals surface area contributed by atoms with Gasteiger partial charge in [-0.15, -0.1) is 11.8 Å². The van der Waals surface area contributed by atoms with Gasteiger partial charge in [-0.2, -0.15) is 0 Å². The van der Waals surface area contributed by atoms with E-state index in [9.17, 15) is 24.6 Å². The Labute approximate surface area is 197 Å². The van der Waals surface area contributed by atoms with E-state index in [0.29, 0.717) is 36.9 Å². The minimum absolute atomic E-state index is 0.0397. The summed E-state index contributed by atoms with van der Waals surface area (Å²) in [4.78, 5) is 43.8.